The summed E-state index contributed by atoms with van der Waals surface area (Å²) in [4.78, 5) is 23.7. The summed E-state index contributed by atoms with van der Waals surface area (Å²) in [5.41, 5.74) is 5.85. The summed E-state index contributed by atoms with van der Waals surface area (Å²) in [6.07, 6.45) is 8.28. The van der Waals surface area contributed by atoms with E-state index in [1.54, 1.807) is 12.4 Å². The molecule has 0 saturated heterocycles. The molecule has 0 bridgehead atoms. The van der Waals surface area contributed by atoms with Crippen LogP contribution in [0.1, 0.15) is 21.6 Å². The zero-order chi connectivity index (χ0) is 18.2. The lowest BCUT2D eigenvalue weighted by molar-refractivity contribution is 0.0780. The molecule has 4 heterocycles. The molecule has 1 amide bonds. The number of hydrogen-bond acceptors (Lipinski definition) is 3. The Morgan fingerprint density at radius 3 is 2.74 bits per heavy atom. The second-order valence-electron chi connectivity index (χ2n) is 6.75. The first-order chi connectivity index (χ1) is 13.3. The van der Waals surface area contributed by atoms with Gasteiger partial charge in [0.25, 0.3) is 5.91 Å². The lowest BCUT2D eigenvalue weighted by Gasteiger charge is -2.14. The Balaban J connectivity index is 1.39. The van der Waals surface area contributed by atoms with Gasteiger partial charge in [-0.15, -0.1) is 0 Å². The fraction of sp³-hybridized carbons (Fsp3) is 0.136. The molecular weight excluding hydrogens is 336 g/mol. The van der Waals surface area contributed by atoms with Gasteiger partial charge in [-0.05, 0) is 41.0 Å². The van der Waals surface area contributed by atoms with Crippen LogP contribution in [0.5, 0.6) is 0 Å². The third-order valence-electron chi connectivity index (χ3n) is 5.06. The minimum Gasteiger partial charge on any atom is -0.334 e. The van der Waals surface area contributed by atoms with Crippen molar-refractivity contribution in [3.05, 3.63) is 90.1 Å². The second kappa shape index (κ2) is 6.36. The van der Waals surface area contributed by atoms with Gasteiger partial charge in [0, 0.05) is 44.3 Å². The Labute approximate surface area is 156 Å². The van der Waals surface area contributed by atoms with Crippen LogP contribution in [-0.4, -0.2) is 31.7 Å². The van der Waals surface area contributed by atoms with Crippen molar-refractivity contribution in [2.24, 2.45) is 0 Å². The van der Waals surface area contributed by atoms with Crippen molar-refractivity contribution in [2.45, 2.75) is 13.0 Å². The van der Waals surface area contributed by atoms with Crippen molar-refractivity contribution >= 4 is 11.6 Å². The van der Waals surface area contributed by atoms with Crippen molar-refractivity contribution in [3.8, 4) is 11.1 Å². The summed E-state index contributed by atoms with van der Waals surface area (Å²) in [6, 6.07) is 15.9. The average Bonchev–Trinajstić information content (AvgIpc) is 3.27. The molecule has 1 aliphatic heterocycles. The molecular formula is C22H18N4O. The predicted octanol–water partition coefficient (Wildman–Crippen LogP) is 3.59. The first-order valence-electron chi connectivity index (χ1n) is 9.04. The zero-order valence-electron chi connectivity index (χ0n) is 14.7. The molecule has 0 aliphatic carbocycles. The molecule has 0 N–H and O–H groups in total. The molecule has 3 aromatic heterocycles. The number of hydrogen-bond donors (Lipinski definition) is 0. The monoisotopic (exact) mass is 354 g/mol. The molecule has 1 aromatic carbocycles. The van der Waals surface area contributed by atoms with Crippen LogP contribution < -0.4 is 0 Å². The largest absolute Gasteiger partial charge is 0.334 e. The number of aromatic nitrogens is 3. The number of nitrogens with zero attached hydrogens (tertiary/aromatic N) is 4. The van der Waals surface area contributed by atoms with Crippen LogP contribution in [0.2, 0.25) is 0 Å². The fourth-order valence-corrected chi connectivity index (χ4v) is 3.73. The highest BCUT2D eigenvalue weighted by molar-refractivity contribution is 6.04. The first kappa shape index (κ1) is 15.8. The number of rotatable bonds is 4. The van der Waals surface area contributed by atoms with E-state index in [2.05, 4.69) is 9.97 Å². The highest BCUT2D eigenvalue weighted by Gasteiger charge is 2.29. The van der Waals surface area contributed by atoms with Crippen molar-refractivity contribution in [1.29, 1.82) is 0 Å². The van der Waals surface area contributed by atoms with Gasteiger partial charge in [-0.25, -0.2) is 4.98 Å². The second-order valence-corrected chi connectivity index (χ2v) is 6.75. The standard InChI is InChI=1S/C22H18N4O/c27-22-21-17(4-3-5-19(21)16-7-10-23-11-8-16)14-26(22)13-9-18-15-25-12-2-1-6-20(25)24-18/h1-8,10-12,15H,9,13-14H2. The molecule has 0 atom stereocenters. The van der Waals surface area contributed by atoms with Crippen molar-refractivity contribution in [1.82, 2.24) is 19.3 Å². The van der Waals surface area contributed by atoms with E-state index < -0.39 is 0 Å². The molecule has 5 rings (SSSR count). The third-order valence-corrected chi connectivity index (χ3v) is 5.06. The topological polar surface area (TPSA) is 50.5 Å². The number of pyridine rings is 2. The zero-order valence-corrected chi connectivity index (χ0v) is 14.7. The van der Waals surface area contributed by atoms with Crippen LogP contribution in [0.25, 0.3) is 16.8 Å². The maximum atomic E-state index is 13.1. The maximum Gasteiger partial charge on any atom is 0.255 e. The van der Waals surface area contributed by atoms with E-state index in [1.165, 1.54) is 0 Å². The van der Waals surface area contributed by atoms with Gasteiger partial charge >= 0.3 is 0 Å². The predicted molar refractivity (Wildman–Crippen MR) is 103 cm³/mol. The Bertz CT molecular complexity index is 1100. The van der Waals surface area contributed by atoms with Crippen LogP contribution in [-0.2, 0) is 13.0 Å². The third kappa shape index (κ3) is 2.77. The van der Waals surface area contributed by atoms with Gasteiger partial charge in [0.15, 0.2) is 0 Å². The average molecular weight is 354 g/mol. The Kier molecular flexibility index (Phi) is 3.71. The van der Waals surface area contributed by atoms with E-state index in [9.17, 15) is 4.79 Å². The molecule has 27 heavy (non-hydrogen) atoms. The van der Waals surface area contributed by atoms with Gasteiger partial charge in [0.1, 0.15) is 5.65 Å². The van der Waals surface area contributed by atoms with Crippen LogP contribution in [0.4, 0.5) is 0 Å². The minimum atomic E-state index is 0.0983. The van der Waals surface area contributed by atoms with E-state index in [0.717, 1.165) is 40.0 Å². The smallest absolute Gasteiger partial charge is 0.255 e. The number of amides is 1. The van der Waals surface area contributed by atoms with Crippen molar-refractivity contribution in [3.63, 3.8) is 0 Å². The molecule has 4 aromatic rings. The molecule has 0 unspecified atom stereocenters. The fourth-order valence-electron chi connectivity index (χ4n) is 3.73. The molecule has 0 fully saturated rings. The summed E-state index contributed by atoms with van der Waals surface area (Å²) < 4.78 is 2.01. The Morgan fingerprint density at radius 1 is 1.00 bits per heavy atom. The van der Waals surface area contributed by atoms with E-state index in [4.69, 9.17) is 0 Å². The highest BCUT2D eigenvalue weighted by atomic mass is 16.2. The molecule has 132 valence electrons. The molecule has 0 saturated carbocycles. The summed E-state index contributed by atoms with van der Waals surface area (Å²) in [5, 5.41) is 0. The van der Waals surface area contributed by atoms with Gasteiger partial charge in [0.2, 0.25) is 0 Å². The molecule has 1 aliphatic rings. The van der Waals surface area contributed by atoms with E-state index >= 15 is 0 Å². The van der Waals surface area contributed by atoms with Gasteiger partial charge in [0.05, 0.1) is 11.3 Å². The van der Waals surface area contributed by atoms with E-state index in [0.29, 0.717) is 13.1 Å². The van der Waals surface area contributed by atoms with Crippen LogP contribution in [0.15, 0.2) is 73.3 Å². The van der Waals surface area contributed by atoms with Gasteiger partial charge in [-0.3, -0.25) is 9.78 Å². The lowest BCUT2D eigenvalue weighted by atomic mass is 9.97. The number of benzene rings is 1. The maximum absolute atomic E-state index is 13.1. The Hall–Kier alpha value is -3.47. The Morgan fingerprint density at radius 2 is 1.89 bits per heavy atom. The number of fused-ring (bicyclic) bond motifs is 2. The summed E-state index contributed by atoms with van der Waals surface area (Å²) in [5.74, 6) is 0.0983. The van der Waals surface area contributed by atoms with Crippen LogP contribution in [0, 0.1) is 0 Å². The summed E-state index contributed by atoms with van der Waals surface area (Å²) in [6.45, 7) is 1.31. The molecule has 5 heteroatoms. The molecule has 0 spiro atoms. The quantitative estimate of drug-likeness (QED) is 0.563. The van der Waals surface area contributed by atoms with E-state index in [1.807, 2.05) is 70.2 Å². The number of carbonyl (C=O) groups excluding carboxylic acids is 1. The van der Waals surface area contributed by atoms with Gasteiger partial charge in [-0.1, -0.05) is 24.3 Å². The van der Waals surface area contributed by atoms with Crippen molar-refractivity contribution < 1.29 is 4.79 Å². The van der Waals surface area contributed by atoms with Gasteiger partial charge in [-0.2, -0.15) is 0 Å². The minimum absolute atomic E-state index is 0.0983. The first-order valence-corrected chi connectivity index (χ1v) is 9.04. The summed E-state index contributed by atoms with van der Waals surface area (Å²) in [7, 11) is 0. The molecule has 0 radical (unpaired) electrons. The van der Waals surface area contributed by atoms with Crippen LogP contribution in [0.3, 0.4) is 0 Å². The van der Waals surface area contributed by atoms with Crippen molar-refractivity contribution in [2.75, 3.05) is 6.54 Å². The molecule has 5 nitrogen and oxygen atoms in total. The normalized spacial score (nSPS) is 13.3. The number of imidazole rings is 1. The highest BCUT2D eigenvalue weighted by Crippen LogP contribution is 2.32. The SMILES string of the molecule is O=C1c2c(cccc2-c2ccncc2)CN1CCc1cn2ccccc2n1. The number of carbonyl (C=O) groups is 1. The van der Waals surface area contributed by atoms with Crippen LogP contribution >= 0.6 is 0 Å². The van der Waals surface area contributed by atoms with E-state index in [-0.39, 0.29) is 5.91 Å². The van der Waals surface area contributed by atoms with Gasteiger partial charge < -0.3 is 9.30 Å². The lowest BCUT2D eigenvalue weighted by Crippen LogP contribution is -2.26. The summed E-state index contributed by atoms with van der Waals surface area (Å²) >= 11 is 0.